The summed E-state index contributed by atoms with van der Waals surface area (Å²) in [5.74, 6) is 4.77. The lowest BCUT2D eigenvalue weighted by molar-refractivity contribution is -0.0107. The highest BCUT2D eigenvalue weighted by Gasteiger charge is 2.54. The van der Waals surface area contributed by atoms with Gasteiger partial charge in [0.1, 0.15) is 0 Å². The summed E-state index contributed by atoms with van der Waals surface area (Å²) in [7, 11) is 0. The molecular weight excluding hydrogens is 340 g/mol. The second-order valence-electron chi connectivity index (χ2n) is 10.6. The zero-order valence-corrected chi connectivity index (χ0v) is 18.9. The van der Waals surface area contributed by atoms with E-state index in [1.54, 1.807) is 5.57 Å². The van der Waals surface area contributed by atoms with E-state index < -0.39 is 0 Å². The van der Waals surface area contributed by atoms with Crippen molar-refractivity contribution < 1.29 is 0 Å². The molecule has 2 heteroatoms. The van der Waals surface area contributed by atoms with E-state index in [-0.39, 0.29) is 0 Å². The van der Waals surface area contributed by atoms with Crippen molar-refractivity contribution in [3.05, 3.63) is 24.3 Å². The van der Waals surface area contributed by atoms with Gasteiger partial charge in [-0.3, -0.25) is 0 Å². The van der Waals surface area contributed by atoms with Crippen molar-refractivity contribution in [2.24, 2.45) is 40.7 Å². The SMILES string of the molecule is C=CCC[C@@H](/C=C1/CCC2C(CC[C@@]3(C)C2CC[C@@H]3C(C)C)C1)NCCCN. The van der Waals surface area contributed by atoms with E-state index in [2.05, 4.69) is 44.8 Å². The van der Waals surface area contributed by atoms with Crippen molar-refractivity contribution >= 4 is 0 Å². The standard InChI is InChI=1S/C26H46N2/c1-5-6-8-22(28-16-7-15-27)18-20-9-10-23-21(17-20)13-14-26(4)24(19(2)3)11-12-25(23)26/h5,18-19,21-25,28H,1,6-17,27H2,2-4H3/b20-18-/t21?,22-,23?,24+,25?,26+/m0/s1. The summed E-state index contributed by atoms with van der Waals surface area (Å²) in [6, 6.07) is 0.502. The summed E-state index contributed by atoms with van der Waals surface area (Å²) in [6.07, 6.45) is 18.1. The van der Waals surface area contributed by atoms with Crippen LogP contribution in [-0.2, 0) is 0 Å². The molecule has 3 unspecified atom stereocenters. The number of fused-ring (bicyclic) bond motifs is 3. The molecule has 3 aliphatic carbocycles. The Morgan fingerprint density at radius 1 is 1.25 bits per heavy atom. The maximum Gasteiger partial charge on any atom is 0.0255 e. The second-order valence-corrected chi connectivity index (χ2v) is 10.6. The van der Waals surface area contributed by atoms with Crippen molar-refractivity contribution in [1.29, 1.82) is 0 Å². The molecule has 0 aliphatic heterocycles. The predicted octanol–water partition coefficient (Wildman–Crippen LogP) is 6.08. The number of nitrogens with two attached hydrogens (primary N) is 1. The van der Waals surface area contributed by atoms with Gasteiger partial charge < -0.3 is 11.1 Å². The highest BCUT2D eigenvalue weighted by molar-refractivity contribution is 5.15. The molecule has 0 saturated heterocycles. The molecule has 160 valence electrons. The fourth-order valence-electron chi connectivity index (χ4n) is 7.35. The molecular formula is C26H46N2. The van der Waals surface area contributed by atoms with E-state index in [4.69, 9.17) is 5.73 Å². The average Bonchev–Trinajstić information content (AvgIpc) is 3.03. The van der Waals surface area contributed by atoms with Crippen LogP contribution in [0, 0.1) is 35.0 Å². The first-order chi connectivity index (χ1) is 13.5. The van der Waals surface area contributed by atoms with Gasteiger partial charge in [-0.15, -0.1) is 6.58 Å². The molecule has 0 aromatic rings. The molecule has 3 aliphatic rings. The van der Waals surface area contributed by atoms with Gasteiger partial charge >= 0.3 is 0 Å². The van der Waals surface area contributed by atoms with Crippen molar-refractivity contribution in [1.82, 2.24) is 5.32 Å². The van der Waals surface area contributed by atoms with Gasteiger partial charge in [-0.25, -0.2) is 0 Å². The highest BCUT2D eigenvalue weighted by Crippen LogP contribution is 2.63. The first-order valence-corrected chi connectivity index (χ1v) is 12.2. The Labute approximate surface area is 174 Å². The molecule has 0 radical (unpaired) electrons. The van der Waals surface area contributed by atoms with E-state index in [9.17, 15) is 0 Å². The third-order valence-corrected chi connectivity index (χ3v) is 8.69. The van der Waals surface area contributed by atoms with Gasteiger partial charge in [0.15, 0.2) is 0 Å². The van der Waals surface area contributed by atoms with E-state index in [0.717, 1.165) is 55.5 Å². The first kappa shape index (κ1) is 22.1. The maximum atomic E-state index is 5.68. The van der Waals surface area contributed by atoms with Crippen molar-refractivity contribution in [3.63, 3.8) is 0 Å². The van der Waals surface area contributed by atoms with Crippen LogP contribution in [0.3, 0.4) is 0 Å². The molecule has 0 heterocycles. The summed E-state index contributed by atoms with van der Waals surface area (Å²) in [5, 5.41) is 3.73. The van der Waals surface area contributed by atoms with Crippen molar-refractivity contribution in [2.45, 2.75) is 91.0 Å². The number of allylic oxidation sites excluding steroid dienone is 2. The summed E-state index contributed by atoms with van der Waals surface area (Å²) in [5.41, 5.74) is 8.05. The number of hydrogen-bond acceptors (Lipinski definition) is 2. The van der Waals surface area contributed by atoms with E-state index >= 15 is 0 Å². The van der Waals surface area contributed by atoms with Gasteiger partial charge in [-0.2, -0.15) is 0 Å². The van der Waals surface area contributed by atoms with E-state index in [1.165, 1.54) is 51.4 Å². The van der Waals surface area contributed by atoms with Crippen molar-refractivity contribution in [3.8, 4) is 0 Å². The summed E-state index contributed by atoms with van der Waals surface area (Å²) >= 11 is 0. The van der Waals surface area contributed by atoms with Crippen LogP contribution in [0.2, 0.25) is 0 Å². The van der Waals surface area contributed by atoms with Crippen molar-refractivity contribution in [2.75, 3.05) is 13.1 Å². The van der Waals surface area contributed by atoms with Crippen LogP contribution in [0.25, 0.3) is 0 Å². The monoisotopic (exact) mass is 386 g/mol. The molecule has 3 rings (SSSR count). The predicted molar refractivity (Wildman–Crippen MR) is 122 cm³/mol. The number of hydrogen-bond donors (Lipinski definition) is 2. The van der Waals surface area contributed by atoms with E-state index in [1.807, 2.05) is 0 Å². The van der Waals surface area contributed by atoms with E-state index in [0.29, 0.717) is 11.5 Å². The summed E-state index contributed by atoms with van der Waals surface area (Å²) < 4.78 is 0. The smallest absolute Gasteiger partial charge is 0.0255 e. The van der Waals surface area contributed by atoms with Crippen LogP contribution in [0.15, 0.2) is 24.3 Å². The van der Waals surface area contributed by atoms with Gasteiger partial charge in [0.25, 0.3) is 0 Å². The molecule has 0 amide bonds. The molecule has 2 nitrogen and oxygen atoms in total. The Morgan fingerprint density at radius 3 is 2.79 bits per heavy atom. The quantitative estimate of drug-likeness (QED) is 0.372. The zero-order valence-electron chi connectivity index (χ0n) is 18.9. The molecule has 6 atom stereocenters. The van der Waals surface area contributed by atoms with Crippen LogP contribution in [0.5, 0.6) is 0 Å². The molecule has 0 aromatic heterocycles. The van der Waals surface area contributed by atoms with Crippen LogP contribution < -0.4 is 11.1 Å². The first-order valence-electron chi connectivity index (χ1n) is 12.2. The Kier molecular flexibility index (Phi) is 7.84. The van der Waals surface area contributed by atoms with Gasteiger partial charge in [0.2, 0.25) is 0 Å². The minimum atomic E-state index is 0.502. The Hall–Kier alpha value is -0.600. The van der Waals surface area contributed by atoms with Crippen LogP contribution in [0.1, 0.15) is 85.0 Å². The minimum absolute atomic E-state index is 0.502. The lowest BCUT2D eigenvalue weighted by atomic mass is 9.53. The number of nitrogens with one attached hydrogen (secondary N) is 1. The third-order valence-electron chi connectivity index (χ3n) is 8.69. The Balaban J connectivity index is 1.63. The largest absolute Gasteiger partial charge is 0.330 e. The fraction of sp³-hybridized carbons (Fsp3) is 0.846. The Morgan fingerprint density at radius 2 is 2.07 bits per heavy atom. The molecule has 0 bridgehead atoms. The van der Waals surface area contributed by atoms with Gasteiger partial charge in [-0.05, 0) is 112 Å². The Bertz CT molecular complexity index is 537. The lowest BCUT2D eigenvalue weighted by Crippen LogP contribution is -2.44. The minimum Gasteiger partial charge on any atom is -0.330 e. The highest BCUT2D eigenvalue weighted by atomic mass is 14.9. The van der Waals surface area contributed by atoms with Crippen LogP contribution >= 0.6 is 0 Å². The van der Waals surface area contributed by atoms with Gasteiger partial charge in [-0.1, -0.05) is 38.5 Å². The zero-order chi connectivity index (χ0) is 20.1. The van der Waals surface area contributed by atoms with Crippen LogP contribution in [0.4, 0.5) is 0 Å². The summed E-state index contributed by atoms with van der Waals surface area (Å²) in [4.78, 5) is 0. The fourth-order valence-corrected chi connectivity index (χ4v) is 7.35. The topological polar surface area (TPSA) is 38.0 Å². The average molecular weight is 387 g/mol. The normalized spacial score (nSPS) is 37.7. The molecule has 3 fully saturated rings. The molecule has 3 N–H and O–H groups in total. The molecule has 0 spiro atoms. The maximum absolute atomic E-state index is 5.68. The third kappa shape index (κ3) is 4.75. The molecule has 3 saturated carbocycles. The van der Waals surface area contributed by atoms with Crippen LogP contribution in [-0.4, -0.2) is 19.1 Å². The molecule has 0 aromatic carbocycles. The lowest BCUT2D eigenvalue weighted by Gasteiger charge is -2.51. The van der Waals surface area contributed by atoms with Gasteiger partial charge in [0.05, 0.1) is 0 Å². The van der Waals surface area contributed by atoms with Gasteiger partial charge in [0, 0.05) is 6.04 Å². The second kappa shape index (κ2) is 9.94. The summed E-state index contributed by atoms with van der Waals surface area (Å²) in [6.45, 7) is 13.3. The number of rotatable bonds is 9. The molecule has 28 heavy (non-hydrogen) atoms.